The molecule has 1 rings (SSSR count). The van der Waals surface area contributed by atoms with Crippen molar-refractivity contribution in [1.29, 1.82) is 0 Å². The van der Waals surface area contributed by atoms with Gasteiger partial charge in [-0.1, -0.05) is 0 Å². The van der Waals surface area contributed by atoms with Gasteiger partial charge in [0.1, 0.15) is 5.76 Å². The van der Waals surface area contributed by atoms with Crippen LogP contribution in [0.4, 0.5) is 0 Å². The molecule has 4 nitrogen and oxygen atoms in total. The Morgan fingerprint density at radius 2 is 2.24 bits per heavy atom. The molecule has 0 aliphatic rings. The van der Waals surface area contributed by atoms with Gasteiger partial charge in [-0.2, -0.15) is 0 Å². The van der Waals surface area contributed by atoms with E-state index in [0.717, 1.165) is 19.3 Å². The minimum absolute atomic E-state index is 0.198. The number of carbonyl (C=O) groups is 1. The van der Waals surface area contributed by atoms with Crippen LogP contribution in [-0.2, 0) is 0 Å². The number of hydrogen-bond acceptors (Lipinski definition) is 3. The molecule has 1 amide bonds. The molecule has 0 aliphatic heterocycles. The highest BCUT2D eigenvalue weighted by Crippen LogP contribution is 2.21. The van der Waals surface area contributed by atoms with Crippen LogP contribution < -0.4 is 5.32 Å². The summed E-state index contributed by atoms with van der Waals surface area (Å²) >= 11 is 5.83. The van der Waals surface area contributed by atoms with Crippen molar-refractivity contribution in [2.24, 2.45) is 0 Å². The Bertz CT molecular complexity index is 349. The summed E-state index contributed by atoms with van der Waals surface area (Å²) in [5.74, 6) is 0.657. The quantitative estimate of drug-likeness (QED) is 0.584. The number of amides is 1. The van der Waals surface area contributed by atoms with Crippen molar-refractivity contribution in [3.63, 3.8) is 0 Å². The summed E-state index contributed by atoms with van der Waals surface area (Å²) in [7, 11) is 0. The molecular weight excluding hydrogens is 242 g/mol. The normalized spacial score (nSPS) is 12.4. The molecule has 0 bridgehead atoms. The van der Waals surface area contributed by atoms with Crippen molar-refractivity contribution in [2.75, 3.05) is 13.2 Å². The molecule has 1 unspecified atom stereocenters. The predicted molar refractivity (Wildman–Crippen MR) is 66.2 cm³/mol. The van der Waals surface area contributed by atoms with E-state index in [1.165, 1.54) is 0 Å². The number of carbonyl (C=O) groups excluding carboxylic acids is 1. The molecule has 2 N–H and O–H groups in total. The summed E-state index contributed by atoms with van der Waals surface area (Å²) in [6.45, 7) is 2.57. The topological polar surface area (TPSA) is 62.5 Å². The first-order valence-corrected chi connectivity index (χ1v) is 6.21. The Morgan fingerprint density at radius 1 is 1.47 bits per heavy atom. The molecule has 5 heteroatoms. The Morgan fingerprint density at radius 3 is 2.82 bits per heavy atom. The fraction of sp³-hybridized carbons (Fsp3) is 0.583. The van der Waals surface area contributed by atoms with Crippen LogP contribution in [0.25, 0.3) is 0 Å². The molecule has 1 aromatic heterocycles. The van der Waals surface area contributed by atoms with E-state index in [2.05, 4.69) is 5.32 Å². The lowest BCUT2D eigenvalue weighted by Crippen LogP contribution is -2.23. The Hall–Kier alpha value is -1.00. The largest absolute Gasteiger partial charge is 0.454 e. The number of aliphatic hydroxyl groups is 1. The lowest BCUT2D eigenvalue weighted by molar-refractivity contribution is 0.0923. The first kappa shape index (κ1) is 14.1. The third-order valence-electron chi connectivity index (χ3n) is 2.36. The number of furan rings is 1. The maximum absolute atomic E-state index is 11.6. The molecule has 96 valence electrons. The fourth-order valence-corrected chi connectivity index (χ4v) is 1.51. The van der Waals surface area contributed by atoms with Crippen LogP contribution in [-0.4, -0.2) is 24.2 Å². The molecule has 1 heterocycles. The van der Waals surface area contributed by atoms with Gasteiger partial charge in [0, 0.05) is 13.2 Å². The first-order chi connectivity index (χ1) is 8.15. The third-order valence-corrected chi connectivity index (χ3v) is 2.58. The lowest BCUT2D eigenvalue weighted by Gasteiger charge is -2.02. The minimum atomic E-state index is -0.235. The van der Waals surface area contributed by atoms with Crippen molar-refractivity contribution >= 4 is 17.5 Å². The van der Waals surface area contributed by atoms with Crippen molar-refractivity contribution in [2.45, 2.75) is 31.6 Å². The maximum atomic E-state index is 11.6. The van der Waals surface area contributed by atoms with Crippen molar-refractivity contribution < 1.29 is 14.3 Å². The molecule has 1 aromatic rings. The molecule has 0 saturated carbocycles. The van der Waals surface area contributed by atoms with E-state index in [9.17, 15) is 4.79 Å². The van der Waals surface area contributed by atoms with Gasteiger partial charge < -0.3 is 14.8 Å². The molecule has 1 atom stereocenters. The molecule has 0 saturated heterocycles. The number of hydrogen-bond donors (Lipinski definition) is 2. The van der Waals surface area contributed by atoms with Gasteiger partial charge in [-0.3, -0.25) is 4.79 Å². The molecule has 0 fully saturated rings. The van der Waals surface area contributed by atoms with Gasteiger partial charge in [0.05, 0.1) is 5.38 Å². The van der Waals surface area contributed by atoms with Gasteiger partial charge in [0.15, 0.2) is 5.76 Å². The molecule has 0 radical (unpaired) electrons. The summed E-state index contributed by atoms with van der Waals surface area (Å²) in [5.41, 5.74) is 0. The highest BCUT2D eigenvalue weighted by atomic mass is 35.5. The summed E-state index contributed by atoms with van der Waals surface area (Å²) in [4.78, 5) is 11.6. The molecule has 17 heavy (non-hydrogen) atoms. The van der Waals surface area contributed by atoms with Gasteiger partial charge in [-0.15, -0.1) is 11.6 Å². The van der Waals surface area contributed by atoms with E-state index < -0.39 is 0 Å². The van der Waals surface area contributed by atoms with Crippen molar-refractivity contribution in [1.82, 2.24) is 5.32 Å². The van der Waals surface area contributed by atoms with Gasteiger partial charge in [-0.25, -0.2) is 0 Å². The molecule has 0 aliphatic carbocycles. The van der Waals surface area contributed by atoms with Crippen LogP contribution in [0, 0.1) is 0 Å². The Balaban J connectivity index is 2.31. The third kappa shape index (κ3) is 4.79. The zero-order valence-electron chi connectivity index (χ0n) is 9.91. The highest BCUT2D eigenvalue weighted by molar-refractivity contribution is 6.20. The van der Waals surface area contributed by atoms with E-state index >= 15 is 0 Å². The van der Waals surface area contributed by atoms with E-state index in [1.54, 1.807) is 19.1 Å². The number of rotatable bonds is 7. The van der Waals surface area contributed by atoms with Crippen molar-refractivity contribution in [3.8, 4) is 0 Å². The fourth-order valence-electron chi connectivity index (χ4n) is 1.39. The summed E-state index contributed by atoms with van der Waals surface area (Å²) < 4.78 is 5.30. The van der Waals surface area contributed by atoms with Gasteiger partial charge in [0.2, 0.25) is 0 Å². The monoisotopic (exact) mass is 259 g/mol. The zero-order chi connectivity index (χ0) is 12.7. The number of halogens is 1. The van der Waals surface area contributed by atoms with Crippen LogP contribution in [0.5, 0.6) is 0 Å². The summed E-state index contributed by atoms with van der Waals surface area (Å²) in [5, 5.41) is 11.1. The average molecular weight is 260 g/mol. The standard InChI is InChI=1S/C12H18ClNO3/c1-9(13)10-5-6-11(17-10)12(16)14-7-3-2-4-8-15/h5-6,9,15H,2-4,7-8H2,1H3,(H,14,16). The van der Waals surface area contributed by atoms with E-state index in [4.69, 9.17) is 21.1 Å². The van der Waals surface area contributed by atoms with Gasteiger partial charge in [-0.05, 0) is 38.3 Å². The molecule has 0 aromatic carbocycles. The average Bonchev–Trinajstić information content (AvgIpc) is 2.78. The predicted octanol–water partition coefficient (Wildman–Crippen LogP) is 2.47. The van der Waals surface area contributed by atoms with Crippen LogP contribution in [0.15, 0.2) is 16.5 Å². The van der Waals surface area contributed by atoms with Gasteiger partial charge >= 0.3 is 0 Å². The molecular formula is C12H18ClNO3. The zero-order valence-corrected chi connectivity index (χ0v) is 10.7. The second-order valence-electron chi connectivity index (χ2n) is 3.86. The number of unbranched alkanes of at least 4 members (excludes halogenated alkanes) is 2. The second kappa shape index (κ2) is 7.35. The number of nitrogens with one attached hydrogen (secondary N) is 1. The van der Waals surface area contributed by atoms with E-state index in [-0.39, 0.29) is 23.7 Å². The SMILES string of the molecule is CC(Cl)c1ccc(C(=O)NCCCCCO)o1. The van der Waals surface area contributed by atoms with Crippen LogP contribution in [0.2, 0.25) is 0 Å². The first-order valence-electron chi connectivity index (χ1n) is 5.78. The van der Waals surface area contributed by atoms with E-state index in [1.807, 2.05) is 0 Å². The number of aliphatic hydroxyl groups excluding tert-OH is 1. The minimum Gasteiger partial charge on any atom is -0.454 e. The smallest absolute Gasteiger partial charge is 0.286 e. The Labute approximate surface area is 106 Å². The summed E-state index contributed by atoms with van der Waals surface area (Å²) in [6.07, 6.45) is 2.52. The lowest BCUT2D eigenvalue weighted by atomic mass is 10.2. The van der Waals surface area contributed by atoms with Gasteiger partial charge in [0.25, 0.3) is 5.91 Å². The highest BCUT2D eigenvalue weighted by Gasteiger charge is 2.12. The van der Waals surface area contributed by atoms with Crippen molar-refractivity contribution in [3.05, 3.63) is 23.7 Å². The number of alkyl halides is 1. The maximum Gasteiger partial charge on any atom is 0.286 e. The Kier molecular flexibility index (Phi) is 6.08. The molecule has 0 spiro atoms. The van der Waals surface area contributed by atoms with Crippen LogP contribution in [0.1, 0.15) is 47.9 Å². The summed E-state index contributed by atoms with van der Waals surface area (Å²) in [6, 6.07) is 3.33. The van der Waals surface area contributed by atoms with E-state index in [0.29, 0.717) is 12.3 Å². The van der Waals surface area contributed by atoms with Crippen LogP contribution >= 0.6 is 11.6 Å². The second-order valence-corrected chi connectivity index (χ2v) is 4.51. The van der Waals surface area contributed by atoms with Crippen LogP contribution in [0.3, 0.4) is 0 Å².